The largest absolute Gasteiger partial charge is 0.493 e. The normalized spacial score (nSPS) is 9.73. The maximum absolute atomic E-state index is 11.3. The molecule has 1 heterocycles. The Morgan fingerprint density at radius 1 is 1.19 bits per heavy atom. The number of carbonyl (C=O) groups excluding carboxylic acids is 1. The summed E-state index contributed by atoms with van der Waals surface area (Å²) in [5.41, 5.74) is 2.20. The molecule has 0 aliphatic rings. The van der Waals surface area contributed by atoms with E-state index in [-0.39, 0.29) is 12.4 Å². The minimum atomic E-state index is -0.439. The number of anilines is 2. The number of ether oxygens (including phenoxy) is 2. The summed E-state index contributed by atoms with van der Waals surface area (Å²) in [6.07, 6.45) is 6.88. The molecule has 0 radical (unpaired) electrons. The molecule has 0 amide bonds. The van der Waals surface area contributed by atoms with Crippen LogP contribution in [-0.2, 0) is 4.79 Å². The highest BCUT2D eigenvalue weighted by Crippen LogP contribution is 2.34. The molecule has 1 N–H and O–H groups in total. The van der Waals surface area contributed by atoms with Crippen LogP contribution in [0.2, 0.25) is 0 Å². The number of halogens is 1. The molecule has 0 spiro atoms. The summed E-state index contributed by atoms with van der Waals surface area (Å²) in [5, 5.41) is 3.90. The zero-order chi connectivity index (χ0) is 17.8. The van der Waals surface area contributed by atoms with E-state index in [0.29, 0.717) is 28.2 Å². The lowest BCUT2D eigenvalue weighted by Crippen LogP contribution is -2.04. The Labute approximate surface area is 157 Å². The highest BCUT2D eigenvalue weighted by molar-refractivity contribution is 5.93. The van der Waals surface area contributed by atoms with E-state index in [2.05, 4.69) is 21.2 Å². The molecule has 0 saturated heterocycles. The summed E-state index contributed by atoms with van der Waals surface area (Å²) in [4.78, 5) is 19.8. The van der Waals surface area contributed by atoms with Crippen LogP contribution in [0, 0.1) is 12.3 Å². The zero-order valence-electron chi connectivity index (χ0n) is 14.1. The highest BCUT2D eigenvalue weighted by atomic mass is 35.5. The number of carbonyl (C=O) groups is 1. The predicted octanol–water partition coefficient (Wildman–Crippen LogP) is 3.71. The molecule has 7 heteroatoms. The van der Waals surface area contributed by atoms with Crippen LogP contribution in [0.15, 0.2) is 42.7 Å². The van der Waals surface area contributed by atoms with E-state index in [9.17, 15) is 4.79 Å². The number of benzene rings is 2. The number of nitrogens with zero attached hydrogens (tertiary/aromatic N) is 2. The van der Waals surface area contributed by atoms with Crippen molar-refractivity contribution in [2.45, 2.75) is 6.92 Å². The van der Waals surface area contributed by atoms with Gasteiger partial charge >= 0.3 is 5.97 Å². The number of hydrogen-bond donors (Lipinski definition) is 1. The Bertz CT molecular complexity index is 999. The Morgan fingerprint density at radius 3 is 2.69 bits per heavy atom. The molecule has 0 aliphatic carbocycles. The van der Waals surface area contributed by atoms with Gasteiger partial charge < -0.3 is 14.8 Å². The van der Waals surface area contributed by atoms with Crippen molar-refractivity contribution < 1.29 is 14.3 Å². The molecule has 2 aromatic carbocycles. The maximum Gasteiger partial charge on any atom is 0.308 e. The molecular weight excluding hydrogens is 354 g/mol. The first-order valence-corrected chi connectivity index (χ1v) is 7.45. The van der Waals surface area contributed by atoms with E-state index in [4.69, 9.17) is 15.9 Å². The lowest BCUT2D eigenvalue weighted by Gasteiger charge is -2.12. The van der Waals surface area contributed by atoms with Crippen molar-refractivity contribution in [2.24, 2.45) is 0 Å². The van der Waals surface area contributed by atoms with Gasteiger partial charge in [-0.3, -0.25) is 4.79 Å². The molecular formula is C19H16ClN3O3. The molecule has 0 saturated carbocycles. The van der Waals surface area contributed by atoms with Crippen LogP contribution >= 0.6 is 12.4 Å². The molecule has 0 fully saturated rings. The number of aromatic nitrogens is 2. The number of hydrogen-bond acceptors (Lipinski definition) is 6. The van der Waals surface area contributed by atoms with E-state index < -0.39 is 5.97 Å². The maximum atomic E-state index is 11.3. The van der Waals surface area contributed by atoms with Gasteiger partial charge in [-0.2, -0.15) is 0 Å². The monoisotopic (exact) mass is 369 g/mol. The molecule has 26 heavy (non-hydrogen) atoms. The van der Waals surface area contributed by atoms with Gasteiger partial charge in [0, 0.05) is 29.6 Å². The van der Waals surface area contributed by atoms with Gasteiger partial charge in [0.2, 0.25) is 0 Å². The second kappa shape index (κ2) is 8.19. The van der Waals surface area contributed by atoms with Crippen LogP contribution in [0.4, 0.5) is 11.5 Å². The van der Waals surface area contributed by atoms with E-state index in [1.165, 1.54) is 20.4 Å². The average Bonchev–Trinajstić information content (AvgIpc) is 2.61. The molecule has 0 atom stereocenters. The van der Waals surface area contributed by atoms with Crippen LogP contribution in [0.1, 0.15) is 12.5 Å². The average molecular weight is 370 g/mol. The van der Waals surface area contributed by atoms with Crippen molar-refractivity contribution >= 4 is 40.8 Å². The van der Waals surface area contributed by atoms with Crippen LogP contribution < -0.4 is 14.8 Å². The van der Waals surface area contributed by atoms with Gasteiger partial charge in [0.25, 0.3) is 0 Å². The van der Waals surface area contributed by atoms with Crippen LogP contribution in [0.3, 0.4) is 0 Å². The number of terminal acetylenes is 1. The summed E-state index contributed by atoms with van der Waals surface area (Å²) in [6.45, 7) is 1.33. The van der Waals surface area contributed by atoms with E-state index >= 15 is 0 Å². The number of esters is 1. The van der Waals surface area contributed by atoms with E-state index in [0.717, 1.165) is 11.3 Å². The van der Waals surface area contributed by atoms with E-state index in [1.807, 2.05) is 24.3 Å². The Hall–Kier alpha value is -3.30. The lowest BCUT2D eigenvalue weighted by molar-refractivity contribution is -0.132. The van der Waals surface area contributed by atoms with Crippen molar-refractivity contribution in [3.63, 3.8) is 0 Å². The van der Waals surface area contributed by atoms with Gasteiger partial charge in [0.1, 0.15) is 12.1 Å². The number of methoxy groups -OCH3 is 1. The van der Waals surface area contributed by atoms with Crippen LogP contribution in [-0.4, -0.2) is 23.0 Å². The summed E-state index contributed by atoms with van der Waals surface area (Å²) in [6, 6.07) is 10.8. The molecule has 1 aromatic heterocycles. The molecule has 3 aromatic rings. The first-order chi connectivity index (χ1) is 12.1. The van der Waals surface area contributed by atoms with Crippen LogP contribution in [0.5, 0.6) is 11.5 Å². The summed E-state index contributed by atoms with van der Waals surface area (Å²) in [7, 11) is 1.50. The van der Waals surface area contributed by atoms with Gasteiger partial charge in [-0.25, -0.2) is 9.97 Å². The van der Waals surface area contributed by atoms with Crippen LogP contribution in [0.25, 0.3) is 10.9 Å². The fourth-order valence-electron chi connectivity index (χ4n) is 2.38. The first kappa shape index (κ1) is 19.0. The number of rotatable bonds is 4. The second-order valence-corrected chi connectivity index (χ2v) is 5.19. The molecule has 3 rings (SSSR count). The molecule has 6 nitrogen and oxygen atoms in total. The summed E-state index contributed by atoms with van der Waals surface area (Å²) < 4.78 is 10.5. The molecule has 0 aliphatic heterocycles. The lowest BCUT2D eigenvalue weighted by atomic mass is 10.2. The van der Waals surface area contributed by atoms with Crippen molar-refractivity contribution in [3.05, 3.63) is 48.3 Å². The van der Waals surface area contributed by atoms with Gasteiger partial charge in [0.15, 0.2) is 11.5 Å². The van der Waals surface area contributed by atoms with E-state index in [1.54, 1.807) is 12.1 Å². The third kappa shape index (κ3) is 4.02. The van der Waals surface area contributed by atoms with Gasteiger partial charge in [-0.1, -0.05) is 12.0 Å². The van der Waals surface area contributed by atoms with Crippen molar-refractivity contribution in [1.82, 2.24) is 9.97 Å². The smallest absolute Gasteiger partial charge is 0.308 e. The topological polar surface area (TPSA) is 73.3 Å². The van der Waals surface area contributed by atoms with Gasteiger partial charge in [-0.05, 0) is 24.3 Å². The first-order valence-electron chi connectivity index (χ1n) is 7.45. The second-order valence-electron chi connectivity index (χ2n) is 5.19. The standard InChI is InChI=1S/C19H15N3O3.ClH/c1-4-13-6-5-7-14(8-13)22-19-15-9-18(25-12(2)23)17(24-3)10-16(15)20-11-21-19;/h1,5-11H,2-3H3,(H,20,21,22);1H. The number of nitrogens with one attached hydrogen (secondary N) is 1. The predicted molar refractivity (Wildman–Crippen MR) is 102 cm³/mol. The minimum Gasteiger partial charge on any atom is -0.493 e. The van der Waals surface area contributed by atoms with Crippen molar-refractivity contribution in [3.8, 4) is 23.8 Å². The third-order valence-electron chi connectivity index (χ3n) is 3.47. The van der Waals surface area contributed by atoms with Crippen molar-refractivity contribution in [2.75, 3.05) is 12.4 Å². The summed E-state index contributed by atoms with van der Waals surface area (Å²) in [5.74, 6) is 3.44. The molecule has 0 bridgehead atoms. The number of fused-ring (bicyclic) bond motifs is 1. The van der Waals surface area contributed by atoms with Crippen molar-refractivity contribution in [1.29, 1.82) is 0 Å². The molecule has 132 valence electrons. The fraction of sp³-hybridized carbons (Fsp3) is 0.105. The summed E-state index contributed by atoms with van der Waals surface area (Å²) >= 11 is 0. The SMILES string of the molecule is C#Cc1cccc(Nc2ncnc3cc(OC)c(OC(C)=O)cc23)c1.Cl. The highest BCUT2D eigenvalue weighted by Gasteiger charge is 2.13. The zero-order valence-corrected chi connectivity index (χ0v) is 15.0. The Morgan fingerprint density at radius 2 is 2.00 bits per heavy atom. The Kier molecular flexibility index (Phi) is 5.99. The van der Waals surface area contributed by atoms with Gasteiger partial charge in [-0.15, -0.1) is 18.8 Å². The Balaban J connectivity index is 0.00000243. The molecule has 0 unspecified atom stereocenters. The van der Waals surface area contributed by atoms with Gasteiger partial charge in [0.05, 0.1) is 12.6 Å². The minimum absolute atomic E-state index is 0. The quantitative estimate of drug-likeness (QED) is 0.429. The fourth-order valence-corrected chi connectivity index (χ4v) is 2.38. The third-order valence-corrected chi connectivity index (χ3v) is 3.47.